The minimum Gasteiger partial charge on any atom is -0.481 e. The average molecular weight is 328 g/mol. The molecule has 0 aromatic rings. The predicted octanol–water partition coefficient (Wildman–Crippen LogP) is 2.01. The van der Waals surface area contributed by atoms with E-state index >= 15 is 0 Å². The zero-order chi connectivity index (χ0) is 15.4. The van der Waals surface area contributed by atoms with Gasteiger partial charge in [-0.05, 0) is 12.2 Å². The van der Waals surface area contributed by atoms with Crippen molar-refractivity contribution in [3.05, 3.63) is 24.4 Å². The van der Waals surface area contributed by atoms with Gasteiger partial charge in [0.25, 0.3) is 0 Å². The lowest BCUT2D eigenvalue weighted by Gasteiger charge is -2.35. The van der Waals surface area contributed by atoms with Gasteiger partial charge < -0.3 is 5.11 Å². The van der Waals surface area contributed by atoms with E-state index in [2.05, 4.69) is 0 Å². The summed E-state index contributed by atoms with van der Waals surface area (Å²) >= 11 is 0. The molecule has 0 spiro atoms. The van der Waals surface area contributed by atoms with E-state index < -0.39 is 5.97 Å². The Labute approximate surface area is 130 Å². The van der Waals surface area contributed by atoms with Gasteiger partial charge in [-0.25, -0.2) is 0 Å². The highest BCUT2D eigenvalue weighted by Crippen LogP contribution is 2.37. The van der Waals surface area contributed by atoms with E-state index in [0.717, 1.165) is 0 Å². The fourth-order valence-corrected chi connectivity index (χ4v) is 4.47. The van der Waals surface area contributed by atoms with E-state index in [4.69, 9.17) is 5.11 Å². The van der Waals surface area contributed by atoms with Crippen LogP contribution in [-0.4, -0.2) is 43.5 Å². The van der Waals surface area contributed by atoms with Gasteiger partial charge in [0.05, 0.1) is 6.42 Å². The highest BCUT2D eigenvalue weighted by atomic mass is 33.1. The molecule has 8 heteroatoms. The number of allylic oxidation sites excluding steroid dienone is 2. The summed E-state index contributed by atoms with van der Waals surface area (Å²) in [5.74, 6) is -1.24. The van der Waals surface area contributed by atoms with Gasteiger partial charge in [0, 0.05) is 24.3 Å². The Bertz CT molecular complexity index is 490. The van der Waals surface area contributed by atoms with Crippen LogP contribution in [0.4, 0.5) is 0 Å². The summed E-state index contributed by atoms with van der Waals surface area (Å²) in [5.41, 5.74) is 0. The normalized spacial score (nSPS) is 23.0. The summed E-state index contributed by atoms with van der Waals surface area (Å²) in [7, 11) is 2.88. The molecule has 21 heavy (non-hydrogen) atoms. The first kappa shape index (κ1) is 16.0. The molecule has 1 N–H and O–H groups in total. The van der Waals surface area contributed by atoms with Crippen LogP contribution in [-0.2, 0) is 14.4 Å². The Hall–Kier alpha value is -1.41. The number of hydrogen-bond acceptors (Lipinski definition) is 6. The van der Waals surface area contributed by atoms with E-state index in [1.807, 2.05) is 19.1 Å². The topological polar surface area (TPSA) is 77.9 Å². The standard InChI is InChI=1S/C13H16N2O4S2/c1-9(8-13(18)19)20-21-12-4-2-3-7-14(12)15-10(16)5-6-11(15)17/h2-4,7,9,12H,5-6,8H2,1H3,(H,18,19)/t9-,12?/m1/s1. The number of imide groups is 1. The fraction of sp³-hybridized carbons (Fsp3) is 0.462. The van der Waals surface area contributed by atoms with Crippen molar-refractivity contribution >= 4 is 39.4 Å². The summed E-state index contributed by atoms with van der Waals surface area (Å²) in [5, 5.41) is 11.3. The summed E-state index contributed by atoms with van der Waals surface area (Å²) in [6.45, 7) is 1.84. The van der Waals surface area contributed by atoms with Gasteiger partial charge in [-0.1, -0.05) is 34.6 Å². The molecule has 1 unspecified atom stereocenters. The van der Waals surface area contributed by atoms with Gasteiger partial charge in [0.1, 0.15) is 5.37 Å². The maximum absolute atomic E-state index is 11.8. The first-order valence-corrected chi connectivity index (χ1v) is 8.79. The molecule has 1 saturated heterocycles. The molecule has 0 aromatic carbocycles. The zero-order valence-electron chi connectivity index (χ0n) is 11.5. The number of hydrazine groups is 1. The quantitative estimate of drug-likeness (QED) is 0.590. The second-order valence-electron chi connectivity index (χ2n) is 4.70. The molecule has 0 saturated carbocycles. The van der Waals surface area contributed by atoms with E-state index in [1.165, 1.54) is 26.6 Å². The van der Waals surface area contributed by atoms with Crippen molar-refractivity contribution in [3.8, 4) is 0 Å². The van der Waals surface area contributed by atoms with Crippen molar-refractivity contribution in [3.63, 3.8) is 0 Å². The number of carboxylic acid groups (broad SMARTS) is 1. The number of rotatable bonds is 6. The van der Waals surface area contributed by atoms with Crippen molar-refractivity contribution in [2.24, 2.45) is 0 Å². The SMILES string of the molecule is C[C@H](CC(=O)O)SSC1C=CC=CN1N1C(=O)CCC1=O. The van der Waals surface area contributed by atoms with E-state index in [-0.39, 0.29) is 41.7 Å². The Balaban J connectivity index is 1.98. The Kier molecular flexibility index (Phi) is 5.35. The van der Waals surface area contributed by atoms with Crippen molar-refractivity contribution in [1.82, 2.24) is 10.0 Å². The number of nitrogens with zero attached hydrogens (tertiary/aromatic N) is 2. The lowest BCUT2D eigenvalue weighted by molar-refractivity contribution is -0.153. The molecule has 2 heterocycles. The number of carbonyl (C=O) groups is 3. The van der Waals surface area contributed by atoms with Crippen LogP contribution in [0.2, 0.25) is 0 Å². The van der Waals surface area contributed by atoms with Gasteiger partial charge in [0.15, 0.2) is 0 Å². The lowest BCUT2D eigenvalue weighted by Crippen LogP contribution is -2.47. The van der Waals surface area contributed by atoms with Crippen molar-refractivity contribution in [2.45, 2.75) is 36.8 Å². The van der Waals surface area contributed by atoms with Crippen LogP contribution in [0.25, 0.3) is 0 Å². The molecule has 2 amide bonds. The van der Waals surface area contributed by atoms with E-state index in [9.17, 15) is 14.4 Å². The fourth-order valence-electron chi connectivity index (χ4n) is 1.98. The summed E-state index contributed by atoms with van der Waals surface area (Å²) in [4.78, 5) is 34.3. The first-order valence-electron chi connectivity index (χ1n) is 6.52. The third-order valence-electron chi connectivity index (χ3n) is 2.92. The molecule has 2 atom stereocenters. The highest BCUT2D eigenvalue weighted by molar-refractivity contribution is 8.77. The van der Waals surface area contributed by atoms with E-state index in [1.54, 1.807) is 17.3 Å². The smallest absolute Gasteiger partial charge is 0.304 e. The molecule has 0 aliphatic carbocycles. The Morgan fingerprint density at radius 3 is 2.67 bits per heavy atom. The second kappa shape index (κ2) is 7.04. The number of hydrogen-bond donors (Lipinski definition) is 1. The number of aliphatic carboxylic acids is 1. The van der Waals surface area contributed by atoms with Crippen molar-refractivity contribution < 1.29 is 19.5 Å². The van der Waals surface area contributed by atoms with Crippen LogP contribution in [0.15, 0.2) is 24.4 Å². The van der Waals surface area contributed by atoms with Crippen LogP contribution in [0.3, 0.4) is 0 Å². The predicted molar refractivity (Wildman–Crippen MR) is 81.9 cm³/mol. The molecule has 1 fully saturated rings. The lowest BCUT2D eigenvalue weighted by atomic mass is 10.3. The number of amides is 2. The maximum Gasteiger partial charge on any atom is 0.304 e. The molecule has 0 aromatic heterocycles. The number of carbonyl (C=O) groups excluding carboxylic acids is 2. The molecule has 0 bridgehead atoms. The average Bonchev–Trinajstić information content (AvgIpc) is 2.75. The molecular formula is C13H16N2O4S2. The van der Waals surface area contributed by atoms with Crippen LogP contribution < -0.4 is 0 Å². The Morgan fingerprint density at radius 2 is 2.05 bits per heavy atom. The van der Waals surface area contributed by atoms with E-state index in [0.29, 0.717) is 0 Å². The van der Waals surface area contributed by atoms with Crippen LogP contribution in [0.5, 0.6) is 0 Å². The third-order valence-corrected chi connectivity index (χ3v) is 6.01. The first-order chi connectivity index (χ1) is 9.99. The molecule has 6 nitrogen and oxygen atoms in total. The molecule has 2 aliphatic heterocycles. The van der Waals surface area contributed by atoms with Crippen molar-refractivity contribution in [1.29, 1.82) is 0 Å². The van der Waals surface area contributed by atoms with Gasteiger partial charge in [-0.2, -0.15) is 5.01 Å². The minimum absolute atomic E-state index is 0.0568. The molecule has 114 valence electrons. The maximum atomic E-state index is 11.8. The van der Waals surface area contributed by atoms with Gasteiger partial charge in [0.2, 0.25) is 11.8 Å². The molecular weight excluding hydrogens is 312 g/mol. The molecule has 2 rings (SSSR count). The van der Waals surface area contributed by atoms with Crippen molar-refractivity contribution in [2.75, 3.05) is 0 Å². The zero-order valence-corrected chi connectivity index (χ0v) is 13.1. The van der Waals surface area contributed by atoms with Gasteiger partial charge in [-0.3, -0.25) is 19.4 Å². The summed E-state index contributed by atoms with van der Waals surface area (Å²) < 4.78 is 0. The van der Waals surface area contributed by atoms with Gasteiger partial charge in [-0.15, -0.1) is 0 Å². The van der Waals surface area contributed by atoms with Gasteiger partial charge >= 0.3 is 5.97 Å². The molecule has 0 radical (unpaired) electrons. The monoisotopic (exact) mass is 328 g/mol. The largest absolute Gasteiger partial charge is 0.481 e. The number of carboxylic acids is 1. The van der Waals surface area contributed by atoms with Crippen LogP contribution >= 0.6 is 21.6 Å². The summed E-state index contributed by atoms with van der Waals surface area (Å²) in [6, 6.07) is 0. The highest BCUT2D eigenvalue weighted by Gasteiger charge is 2.36. The van der Waals surface area contributed by atoms with Crippen LogP contribution in [0.1, 0.15) is 26.2 Å². The Morgan fingerprint density at radius 1 is 1.38 bits per heavy atom. The summed E-state index contributed by atoms with van der Waals surface area (Å²) in [6.07, 6.45) is 7.75. The second-order valence-corrected chi connectivity index (χ2v) is 7.52. The van der Waals surface area contributed by atoms with Crippen LogP contribution in [0, 0.1) is 0 Å². The molecule has 2 aliphatic rings. The third kappa shape index (κ3) is 4.04. The minimum atomic E-state index is -0.837.